The number of morpholine rings is 1. The van der Waals surface area contributed by atoms with E-state index in [9.17, 15) is 14.9 Å². The van der Waals surface area contributed by atoms with Crippen molar-refractivity contribution < 1.29 is 19.2 Å². The molecule has 9 nitrogen and oxygen atoms in total. The van der Waals surface area contributed by atoms with E-state index in [0.29, 0.717) is 54.7 Å². The van der Waals surface area contributed by atoms with Gasteiger partial charge in [0.1, 0.15) is 11.4 Å². The molecule has 0 unspecified atom stereocenters. The van der Waals surface area contributed by atoms with E-state index < -0.39 is 4.92 Å². The van der Waals surface area contributed by atoms with Crippen molar-refractivity contribution in [1.82, 2.24) is 14.7 Å². The molecule has 0 spiro atoms. The summed E-state index contributed by atoms with van der Waals surface area (Å²) in [5, 5.41) is 15.5. The van der Waals surface area contributed by atoms with Gasteiger partial charge in [0, 0.05) is 30.8 Å². The number of aromatic nitrogens is 2. The molecule has 0 saturated carbocycles. The van der Waals surface area contributed by atoms with Gasteiger partial charge in [-0.25, -0.2) is 4.68 Å². The minimum Gasteiger partial charge on any atom is -0.497 e. The van der Waals surface area contributed by atoms with Gasteiger partial charge in [-0.05, 0) is 42.5 Å². The van der Waals surface area contributed by atoms with E-state index in [-0.39, 0.29) is 11.6 Å². The minimum absolute atomic E-state index is 0.00189. The SMILES string of the molecule is COc1ccc(-n2nc(-c3ccc([N+](=O)[O-])cc3)cc2C(=O)N2CCOCC2)cc1. The summed E-state index contributed by atoms with van der Waals surface area (Å²) in [6.07, 6.45) is 0. The molecule has 2 heterocycles. The zero-order valence-electron chi connectivity index (χ0n) is 16.4. The number of nitrogens with zero attached hydrogens (tertiary/aromatic N) is 4. The third-order valence-corrected chi connectivity index (χ3v) is 4.92. The molecule has 0 aliphatic carbocycles. The van der Waals surface area contributed by atoms with Crippen molar-refractivity contribution in [1.29, 1.82) is 0 Å². The van der Waals surface area contributed by atoms with Crippen molar-refractivity contribution >= 4 is 11.6 Å². The number of benzene rings is 2. The summed E-state index contributed by atoms with van der Waals surface area (Å²) < 4.78 is 12.1. The molecule has 9 heteroatoms. The second-order valence-corrected chi connectivity index (χ2v) is 6.73. The number of methoxy groups -OCH3 is 1. The predicted molar refractivity (Wildman–Crippen MR) is 109 cm³/mol. The van der Waals surface area contributed by atoms with E-state index in [1.54, 1.807) is 47.0 Å². The molecule has 154 valence electrons. The molecule has 30 heavy (non-hydrogen) atoms. The maximum atomic E-state index is 13.2. The second-order valence-electron chi connectivity index (χ2n) is 6.73. The zero-order chi connectivity index (χ0) is 21.1. The van der Waals surface area contributed by atoms with E-state index in [1.807, 2.05) is 12.1 Å². The Morgan fingerprint density at radius 2 is 1.77 bits per heavy atom. The first kappa shape index (κ1) is 19.6. The molecule has 0 atom stereocenters. The number of amides is 1. The van der Waals surface area contributed by atoms with E-state index in [4.69, 9.17) is 9.47 Å². The fourth-order valence-electron chi connectivity index (χ4n) is 3.28. The van der Waals surface area contributed by atoms with Gasteiger partial charge in [-0.2, -0.15) is 5.10 Å². The van der Waals surface area contributed by atoms with Gasteiger partial charge in [-0.3, -0.25) is 14.9 Å². The number of nitro benzene ring substituents is 1. The highest BCUT2D eigenvalue weighted by Gasteiger charge is 2.24. The number of carbonyl (C=O) groups is 1. The van der Waals surface area contributed by atoms with Crippen LogP contribution in [0.15, 0.2) is 54.6 Å². The molecule has 1 saturated heterocycles. The van der Waals surface area contributed by atoms with Gasteiger partial charge < -0.3 is 14.4 Å². The highest BCUT2D eigenvalue weighted by molar-refractivity contribution is 5.94. The van der Waals surface area contributed by atoms with E-state index in [2.05, 4.69) is 5.10 Å². The largest absolute Gasteiger partial charge is 0.497 e. The van der Waals surface area contributed by atoms with Gasteiger partial charge in [0.15, 0.2) is 0 Å². The Labute approximate surface area is 172 Å². The van der Waals surface area contributed by atoms with E-state index in [1.165, 1.54) is 12.1 Å². The second kappa shape index (κ2) is 8.34. The molecular formula is C21H20N4O5. The van der Waals surface area contributed by atoms with Crippen molar-refractivity contribution in [3.63, 3.8) is 0 Å². The molecule has 1 amide bonds. The molecule has 1 aliphatic rings. The maximum Gasteiger partial charge on any atom is 0.272 e. The number of hydrogen-bond donors (Lipinski definition) is 0. The van der Waals surface area contributed by atoms with Crippen molar-refractivity contribution in [2.45, 2.75) is 0 Å². The number of hydrogen-bond acceptors (Lipinski definition) is 6. The van der Waals surface area contributed by atoms with Crippen LogP contribution in [0.1, 0.15) is 10.5 Å². The van der Waals surface area contributed by atoms with Crippen molar-refractivity contribution in [2.75, 3.05) is 33.4 Å². The third-order valence-electron chi connectivity index (χ3n) is 4.92. The third kappa shape index (κ3) is 3.87. The summed E-state index contributed by atoms with van der Waals surface area (Å²) in [7, 11) is 1.59. The Kier molecular flexibility index (Phi) is 5.44. The van der Waals surface area contributed by atoms with Crippen LogP contribution >= 0.6 is 0 Å². The zero-order valence-corrected chi connectivity index (χ0v) is 16.4. The Bertz CT molecular complexity index is 1050. The Morgan fingerprint density at radius 3 is 2.37 bits per heavy atom. The van der Waals surface area contributed by atoms with Crippen LogP contribution in [0.25, 0.3) is 16.9 Å². The average Bonchev–Trinajstić information content (AvgIpc) is 3.24. The van der Waals surface area contributed by atoms with Crippen LogP contribution < -0.4 is 4.74 Å². The van der Waals surface area contributed by atoms with Crippen LogP contribution in [0.3, 0.4) is 0 Å². The summed E-state index contributed by atoms with van der Waals surface area (Å²) in [5.74, 6) is 0.553. The smallest absolute Gasteiger partial charge is 0.272 e. The molecule has 1 fully saturated rings. The summed E-state index contributed by atoms with van der Waals surface area (Å²) in [4.78, 5) is 25.4. The number of carbonyl (C=O) groups excluding carboxylic acids is 1. The first-order valence-electron chi connectivity index (χ1n) is 9.43. The van der Waals surface area contributed by atoms with Crippen LogP contribution in [0.2, 0.25) is 0 Å². The molecule has 3 aromatic rings. The minimum atomic E-state index is -0.451. The van der Waals surface area contributed by atoms with E-state index >= 15 is 0 Å². The Morgan fingerprint density at radius 1 is 1.10 bits per heavy atom. The maximum absolute atomic E-state index is 13.2. The van der Waals surface area contributed by atoms with Crippen molar-refractivity contribution in [3.05, 3.63) is 70.4 Å². The molecule has 1 aromatic heterocycles. The van der Waals surface area contributed by atoms with Crippen molar-refractivity contribution in [2.24, 2.45) is 0 Å². The van der Waals surface area contributed by atoms with Crippen LogP contribution in [-0.4, -0.2) is 58.9 Å². The van der Waals surface area contributed by atoms with Gasteiger partial charge in [-0.15, -0.1) is 0 Å². The summed E-state index contributed by atoms with van der Waals surface area (Å²) >= 11 is 0. The van der Waals surface area contributed by atoms with E-state index in [0.717, 1.165) is 0 Å². The summed E-state index contributed by atoms with van der Waals surface area (Å²) in [6.45, 7) is 2.02. The van der Waals surface area contributed by atoms with Crippen molar-refractivity contribution in [3.8, 4) is 22.7 Å². The van der Waals surface area contributed by atoms with Crippen LogP contribution in [0, 0.1) is 10.1 Å². The molecule has 0 bridgehead atoms. The van der Waals surface area contributed by atoms with Gasteiger partial charge >= 0.3 is 0 Å². The lowest BCUT2D eigenvalue weighted by molar-refractivity contribution is -0.384. The lowest BCUT2D eigenvalue weighted by atomic mass is 10.1. The monoisotopic (exact) mass is 408 g/mol. The molecule has 2 aromatic carbocycles. The quantitative estimate of drug-likeness (QED) is 0.475. The standard InChI is InChI=1S/C21H20N4O5/c1-29-18-8-6-16(7-9-18)24-20(21(26)23-10-12-30-13-11-23)14-19(22-24)15-2-4-17(5-3-15)25(27)28/h2-9,14H,10-13H2,1H3. The average molecular weight is 408 g/mol. The summed E-state index contributed by atoms with van der Waals surface area (Å²) in [6, 6.07) is 15.0. The Hall–Kier alpha value is -3.72. The van der Waals surface area contributed by atoms with Gasteiger partial charge in [0.25, 0.3) is 11.6 Å². The molecule has 1 aliphatic heterocycles. The first-order valence-corrected chi connectivity index (χ1v) is 9.43. The molecule has 0 radical (unpaired) electrons. The Balaban J connectivity index is 1.75. The number of rotatable bonds is 5. The number of non-ortho nitro benzene ring substituents is 1. The predicted octanol–water partition coefficient (Wildman–Crippen LogP) is 2.93. The van der Waals surface area contributed by atoms with Crippen LogP contribution in [0.4, 0.5) is 5.69 Å². The molecule has 0 N–H and O–H groups in total. The number of ether oxygens (including phenoxy) is 2. The fourth-order valence-corrected chi connectivity index (χ4v) is 3.28. The first-order chi connectivity index (χ1) is 14.6. The van der Waals surface area contributed by atoms with Crippen LogP contribution in [-0.2, 0) is 4.74 Å². The fraction of sp³-hybridized carbons (Fsp3) is 0.238. The lowest BCUT2D eigenvalue weighted by Crippen LogP contribution is -2.41. The van der Waals surface area contributed by atoms with Gasteiger partial charge in [0.2, 0.25) is 0 Å². The van der Waals surface area contributed by atoms with Gasteiger partial charge in [0.05, 0.1) is 36.6 Å². The molecular weight excluding hydrogens is 388 g/mol. The van der Waals surface area contributed by atoms with Crippen LogP contribution in [0.5, 0.6) is 5.75 Å². The summed E-state index contributed by atoms with van der Waals surface area (Å²) in [5.41, 5.74) is 2.36. The topological polar surface area (TPSA) is 99.7 Å². The highest BCUT2D eigenvalue weighted by atomic mass is 16.6. The number of nitro groups is 1. The normalized spacial score (nSPS) is 13.8. The van der Waals surface area contributed by atoms with Gasteiger partial charge in [-0.1, -0.05) is 0 Å². The highest BCUT2D eigenvalue weighted by Crippen LogP contribution is 2.26. The molecule has 4 rings (SSSR count). The lowest BCUT2D eigenvalue weighted by Gasteiger charge is -2.26.